The van der Waals surface area contributed by atoms with Gasteiger partial charge in [-0.2, -0.15) is 0 Å². The minimum absolute atomic E-state index is 0.244. The average molecular weight is 459 g/mol. The van der Waals surface area contributed by atoms with Gasteiger partial charge in [0, 0.05) is 0 Å². The number of rotatable bonds is 17. The first kappa shape index (κ1) is 29.8. The van der Waals surface area contributed by atoms with Gasteiger partial charge in [0.25, 0.3) is 0 Å². The molecule has 0 saturated carbocycles. The van der Waals surface area contributed by atoms with Crippen LogP contribution < -0.4 is 33.2 Å². The predicted octanol–water partition coefficient (Wildman–Crippen LogP) is -0.823. The number of unbranched alkanes of at least 4 members (excludes halogenated alkanes) is 2. The minimum Gasteiger partial charge on any atom is -0.480 e. The normalized spacial score (nSPS) is 15.7. The Morgan fingerprint density at radius 2 is 1.38 bits per heavy atom. The molecule has 0 aliphatic heterocycles. The summed E-state index contributed by atoms with van der Waals surface area (Å²) in [6.45, 7) is 6.09. The maximum Gasteiger partial charge on any atom is 0.326 e. The Balaban J connectivity index is 5.02. The average Bonchev–Trinajstić information content (AvgIpc) is 2.75. The summed E-state index contributed by atoms with van der Waals surface area (Å²) in [6.07, 6.45) is 3.95. The monoisotopic (exact) mass is 458 g/mol. The first-order valence-corrected chi connectivity index (χ1v) is 11.4. The Morgan fingerprint density at radius 3 is 1.88 bits per heavy atom. The molecule has 32 heavy (non-hydrogen) atoms. The lowest BCUT2D eigenvalue weighted by Crippen LogP contribution is -2.58. The molecule has 0 aliphatic carbocycles. The summed E-state index contributed by atoms with van der Waals surface area (Å²) >= 11 is 0. The van der Waals surface area contributed by atoms with Gasteiger partial charge in [-0.25, -0.2) is 4.79 Å². The Morgan fingerprint density at radius 1 is 0.812 bits per heavy atom. The second-order valence-corrected chi connectivity index (χ2v) is 8.18. The summed E-state index contributed by atoms with van der Waals surface area (Å²) in [5.74, 6) is -2.99. The van der Waals surface area contributed by atoms with Crippen LogP contribution in [0.1, 0.15) is 65.7 Å². The van der Waals surface area contributed by atoms with Gasteiger partial charge in [0.15, 0.2) is 0 Å². The molecule has 186 valence electrons. The lowest BCUT2D eigenvalue weighted by molar-refractivity contribution is -0.143. The zero-order valence-electron chi connectivity index (χ0n) is 19.6. The first-order chi connectivity index (χ1) is 15.1. The van der Waals surface area contributed by atoms with Crippen molar-refractivity contribution in [2.75, 3.05) is 13.1 Å². The van der Waals surface area contributed by atoms with Crippen LogP contribution in [0.4, 0.5) is 0 Å². The Labute approximate surface area is 190 Å². The third kappa shape index (κ3) is 11.4. The Bertz CT molecular complexity index is 603. The molecule has 0 aliphatic rings. The summed E-state index contributed by atoms with van der Waals surface area (Å²) in [5.41, 5.74) is 16.7. The van der Waals surface area contributed by atoms with Gasteiger partial charge < -0.3 is 38.3 Å². The largest absolute Gasteiger partial charge is 0.480 e. The number of nitrogens with one attached hydrogen (secondary N) is 3. The van der Waals surface area contributed by atoms with Crippen molar-refractivity contribution in [3.8, 4) is 0 Å². The van der Waals surface area contributed by atoms with E-state index in [2.05, 4.69) is 16.0 Å². The minimum atomic E-state index is -1.14. The molecule has 0 radical (unpaired) electrons. The summed E-state index contributed by atoms with van der Waals surface area (Å²) in [6, 6.07) is -3.68. The molecule has 0 fully saturated rings. The molecule has 5 unspecified atom stereocenters. The third-order valence-electron chi connectivity index (χ3n) is 5.41. The van der Waals surface area contributed by atoms with Crippen molar-refractivity contribution in [3.63, 3.8) is 0 Å². The SMILES string of the molecule is CCC(C)C(NC(=O)C(C)NC(=O)C(N)CCCCN)C(=O)NC(CCCCN)C(=O)O. The molecule has 0 aromatic carbocycles. The molecule has 0 aromatic heterocycles. The number of hydrogen-bond donors (Lipinski definition) is 7. The van der Waals surface area contributed by atoms with Crippen molar-refractivity contribution < 1.29 is 24.3 Å². The summed E-state index contributed by atoms with van der Waals surface area (Å²) in [5, 5.41) is 17.1. The van der Waals surface area contributed by atoms with Crippen LogP contribution in [-0.4, -0.2) is 66.1 Å². The maximum atomic E-state index is 12.8. The van der Waals surface area contributed by atoms with Crippen molar-refractivity contribution in [2.24, 2.45) is 23.1 Å². The lowest BCUT2D eigenvalue weighted by Gasteiger charge is -2.27. The van der Waals surface area contributed by atoms with Crippen molar-refractivity contribution >= 4 is 23.7 Å². The van der Waals surface area contributed by atoms with Gasteiger partial charge >= 0.3 is 5.97 Å². The molecular weight excluding hydrogens is 416 g/mol. The molecule has 0 rings (SSSR count). The molecule has 0 saturated heterocycles. The van der Waals surface area contributed by atoms with Gasteiger partial charge in [0.1, 0.15) is 18.1 Å². The second kappa shape index (κ2) is 16.4. The number of carbonyl (C=O) groups excluding carboxylic acids is 3. The molecule has 10 N–H and O–H groups in total. The zero-order chi connectivity index (χ0) is 24.7. The maximum absolute atomic E-state index is 12.8. The molecule has 0 aromatic rings. The number of hydrogen-bond acceptors (Lipinski definition) is 7. The third-order valence-corrected chi connectivity index (χ3v) is 5.41. The molecule has 5 atom stereocenters. The fourth-order valence-electron chi connectivity index (χ4n) is 3.02. The summed E-state index contributed by atoms with van der Waals surface area (Å²) < 4.78 is 0. The number of carboxylic acids is 1. The van der Waals surface area contributed by atoms with E-state index in [4.69, 9.17) is 17.2 Å². The van der Waals surface area contributed by atoms with E-state index in [1.54, 1.807) is 6.92 Å². The van der Waals surface area contributed by atoms with E-state index < -0.39 is 47.9 Å². The van der Waals surface area contributed by atoms with E-state index in [9.17, 15) is 24.3 Å². The van der Waals surface area contributed by atoms with Crippen LogP contribution in [0, 0.1) is 5.92 Å². The van der Waals surface area contributed by atoms with Crippen LogP contribution >= 0.6 is 0 Å². The van der Waals surface area contributed by atoms with E-state index >= 15 is 0 Å². The molecule has 11 heteroatoms. The standard InChI is InChI=1S/C21H42N6O5/c1-4-13(2)17(20(30)26-16(21(31)32)10-6-8-12-23)27-18(28)14(3)25-19(29)15(24)9-5-7-11-22/h13-17H,4-12,22-24H2,1-3H3,(H,25,29)(H,26,30)(H,27,28)(H,31,32). The van der Waals surface area contributed by atoms with Crippen molar-refractivity contribution in [3.05, 3.63) is 0 Å². The highest BCUT2D eigenvalue weighted by Gasteiger charge is 2.31. The Hall–Kier alpha value is -2.24. The molecule has 0 bridgehead atoms. The van der Waals surface area contributed by atoms with Crippen LogP contribution in [0.5, 0.6) is 0 Å². The number of carboxylic acid groups (broad SMARTS) is 1. The van der Waals surface area contributed by atoms with Gasteiger partial charge in [-0.3, -0.25) is 14.4 Å². The molecule has 3 amide bonds. The van der Waals surface area contributed by atoms with Crippen LogP contribution in [0.15, 0.2) is 0 Å². The van der Waals surface area contributed by atoms with E-state index in [1.807, 2.05) is 6.92 Å². The topological polar surface area (TPSA) is 203 Å². The van der Waals surface area contributed by atoms with Crippen molar-refractivity contribution in [1.82, 2.24) is 16.0 Å². The van der Waals surface area contributed by atoms with Crippen LogP contribution in [-0.2, 0) is 19.2 Å². The van der Waals surface area contributed by atoms with Gasteiger partial charge in [-0.1, -0.05) is 26.7 Å². The zero-order valence-corrected chi connectivity index (χ0v) is 19.6. The van der Waals surface area contributed by atoms with E-state index in [0.29, 0.717) is 45.2 Å². The second-order valence-electron chi connectivity index (χ2n) is 8.18. The smallest absolute Gasteiger partial charge is 0.326 e. The lowest BCUT2D eigenvalue weighted by atomic mass is 9.97. The molecule has 0 heterocycles. The Kier molecular flexibility index (Phi) is 15.3. The quantitative estimate of drug-likeness (QED) is 0.137. The van der Waals surface area contributed by atoms with Gasteiger partial charge in [-0.05, 0) is 58.0 Å². The number of amides is 3. The molecular formula is C21H42N6O5. The number of aliphatic carboxylic acids is 1. The highest BCUT2D eigenvalue weighted by atomic mass is 16.4. The summed E-state index contributed by atoms with van der Waals surface area (Å²) in [7, 11) is 0. The van der Waals surface area contributed by atoms with Gasteiger partial charge in [0.2, 0.25) is 17.7 Å². The fraction of sp³-hybridized carbons (Fsp3) is 0.810. The highest BCUT2D eigenvalue weighted by Crippen LogP contribution is 2.10. The van der Waals surface area contributed by atoms with Gasteiger partial charge in [-0.15, -0.1) is 0 Å². The number of nitrogens with two attached hydrogens (primary N) is 3. The highest BCUT2D eigenvalue weighted by molar-refractivity contribution is 5.94. The fourth-order valence-corrected chi connectivity index (χ4v) is 3.02. The van der Waals surface area contributed by atoms with Gasteiger partial charge in [0.05, 0.1) is 6.04 Å². The van der Waals surface area contributed by atoms with Crippen LogP contribution in [0.2, 0.25) is 0 Å². The van der Waals surface area contributed by atoms with E-state index in [0.717, 1.165) is 6.42 Å². The van der Waals surface area contributed by atoms with Crippen molar-refractivity contribution in [1.29, 1.82) is 0 Å². The molecule has 0 spiro atoms. The molecule has 11 nitrogen and oxygen atoms in total. The predicted molar refractivity (Wildman–Crippen MR) is 122 cm³/mol. The van der Waals surface area contributed by atoms with E-state index in [1.165, 1.54) is 6.92 Å². The van der Waals surface area contributed by atoms with Crippen LogP contribution in [0.25, 0.3) is 0 Å². The summed E-state index contributed by atoms with van der Waals surface area (Å²) in [4.78, 5) is 49.1. The first-order valence-electron chi connectivity index (χ1n) is 11.4. The van der Waals surface area contributed by atoms with Crippen LogP contribution in [0.3, 0.4) is 0 Å². The van der Waals surface area contributed by atoms with E-state index in [-0.39, 0.29) is 12.3 Å². The number of carbonyl (C=O) groups is 4. The van der Waals surface area contributed by atoms with Crippen molar-refractivity contribution in [2.45, 2.75) is 89.9 Å².